The van der Waals surface area contributed by atoms with Crippen molar-refractivity contribution in [3.05, 3.63) is 64.1 Å². The summed E-state index contributed by atoms with van der Waals surface area (Å²) >= 11 is 0. The molecule has 0 unspecified atom stereocenters. The number of benzene rings is 1. The van der Waals surface area contributed by atoms with E-state index in [0.717, 1.165) is 42.4 Å². The third kappa shape index (κ3) is 3.76. The van der Waals surface area contributed by atoms with Gasteiger partial charge in [0.15, 0.2) is 0 Å². The van der Waals surface area contributed by atoms with Crippen molar-refractivity contribution in [1.82, 2.24) is 9.55 Å². The molecule has 2 aliphatic rings. The summed E-state index contributed by atoms with van der Waals surface area (Å²) in [5.74, 6) is 1.96. The van der Waals surface area contributed by atoms with Crippen molar-refractivity contribution in [3.63, 3.8) is 0 Å². The predicted octanol–water partition coefficient (Wildman–Crippen LogP) is 3.98. The third-order valence-electron chi connectivity index (χ3n) is 6.57. The van der Waals surface area contributed by atoms with Gasteiger partial charge in [-0.1, -0.05) is 19.1 Å². The second kappa shape index (κ2) is 7.73. The lowest BCUT2D eigenvalue weighted by Crippen LogP contribution is -2.45. The lowest BCUT2D eigenvalue weighted by Gasteiger charge is -2.38. The Bertz CT molecular complexity index is 1220. The molecular weight excluding hydrogens is 388 g/mol. The molecule has 6 heteroatoms. The second-order valence-corrected chi connectivity index (χ2v) is 8.81. The number of aromatic nitrogens is 2. The van der Waals surface area contributed by atoms with Crippen LogP contribution >= 0.6 is 0 Å². The molecule has 0 N–H and O–H groups in total. The maximum atomic E-state index is 12.5. The number of hydrogen-bond acceptors (Lipinski definition) is 5. The van der Waals surface area contributed by atoms with Gasteiger partial charge in [0.1, 0.15) is 29.1 Å². The number of piperidine rings is 1. The van der Waals surface area contributed by atoms with Crippen LogP contribution in [0.5, 0.6) is 5.75 Å². The Morgan fingerprint density at radius 3 is 2.58 bits per heavy atom. The summed E-state index contributed by atoms with van der Waals surface area (Å²) < 4.78 is 7.90. The summed E-state index contributed by atoms with van der Waals surface area (Å²) in [6.45, 7) is 3.73. The fourth-order valence-electron chi connectivity index (χ4n) is 4.54. The fourth-order valence-corrected chi connectivity index (χ4v) is 4.54. The topological polar surface area (TPSA) is 71.2 Å². The number of hydrogen-bond donors (Lipinski definition) is 0. The van der Waals surface area contributed by atoms with Crippen LogP contribution in [0.3, 0.4) is 0 Å². The van der Waals surface area contributed by atoms with Gasteiger partial charge in [0.05, 0.1) is 11.2 Å². The molecule has 0 bridgehead atoms. The largest absolute Gasteiger partial charge is 0.490 e. The maximum Gasteiger partial charge on any atom is 0.252 e. The molecule has 3 aromatic rings. The molecule has 2 fully saturated rings. The number of aryl methyl sites for hydroxylation is 1. The quantitative estimate of drug-likeness (QED) is 0.646. The number of rotatable bonds is 4. The summed E-state index contributed by atoms with van der Waals surface area (Å²) in [5, 5.41) is 9.28. The summed E-state index contributed by atoms with van der Waals surface area (Å²) in [7, 11) is 1.74. The zero-order valence-corrected chi connectivity index (χ0v) is 17.9. The van der Waals surface area contributed by atoms with Crippen LogP contribution in [0.1, 0.15) is 43.4 Å². The molecule has 1 saturated carbocycles. The minimum absolute atomic E-state index is 0.0733. The maximum absolute atomic E-state index is 12.5. The van der Waals surface area contributed by atoms with Gasteiger partial charge in [-0.25, -0.2) is 4.98 Å². The SMILES string of the molecule is C[C@H]1CN(c2cc(=O)n(C)c3ccc(C#N)nc23)CC[C@@H]1Oc1ccc(C2CC2)cc1. The van der Waals surface area contributed by atoms with E-state index in [1.807, 2.05) is 0 Å². The monoisotopic (exact) mass is 414 g/mol. The third-order valence-corrected chi connectivity index (χ3v) is 6.57. The number of nitriles is 1. The first-order chi connectivity index (χ1) is 15.0. The molecule has 2 atom stereocenters. The highest BCUT2D eigenvalue weighted by atomic mass is 16.5. The zero-order chi connectivity index (χ0) is 21.5. The van der Waals surface area contributed by atoms with Crippen LogP contribution in [-0.4, -0.2) is 28.7 Å². The number of ether oxygens (including phenoxy) is 1. The van der Waals surface area contributed by atoms with Crippen molar-refractivity contribution in [2.24, 2.45) is 13.0 Å². The molecule has 1 aromatic carbocycles. The number of fused-ring (bicyclic) bond motifs is 1. The first kappa shape index (κ1) is 19.6. The molecule has 1 saturated heterocycles. The van der Waals surface area contributed by atoms with Crippen LogP contribution in [0.15, 0.2) is 47.3 Å². The Hall–Kier alpha value is -3.33. The van der Waals surface area contributed by atoms with Gasteiger partial charge in [-0.3, -0.25) is 4.79 Å². The standard InChI is InChI=1S/C25H26N4O2/c1-16-15-29(12-11-23(16)31-20-8-5-18(6-9-20)17-3-4-17)22-13-24(30)28(2)21-10-7-19(14-26)27-25(21)22/h5-10,13,16-17,23H,3-4,11-12,15H2,1-2H3/t16-,23-/m0/s1. The van der Waals surface area contributed by atoms with Crippen molar-refractivity contribution in [2.45, 2.75) is 38.2 Å². The van der Waals surface area contributed by atoms with Gasteiger partial charge in [-0.05, 0) is 48.6 Å². The fraction of sp³-hybridized carbons (Fsp3) is 0.400. The van der Waals surface area contributed by atoms with Crippen LogP contribution in [0.4, 0.5) is 5.69 Å². The molecule has 6 nitrogen and oxygen atoms in total. The van der Waals surface area contributed by atoms with Crippen molar-refractivity contribution in [1.29, 1.82) is 5.26 Å². The first-order valence-corrected chi connectivity index (χ1v) is 11.0. The van der Waals surface area contributed by atoms with Gasteiger partial charge in [0, 0.05) is 38.5 Å². The Balaban J connectivity index is 1.36. The van der Waals surface area contributed by atoms with Gasteiger partial charge in [0.2, 0.25) is 0 Å². The van der Waals surface area contributed by atoms with Crippen molar-refractivity contribution >= 4 is 16.7 Å². The smallest absolute Gasteiger partial charge is 0.252 e. The normalized spacial score (nSPS) is 21.1. The van der Waals surface area contributed by atoms with Gasteiger partial charge >= 0.3 is 0 Å². The minimum atomic E-state index is -0.0733. The molecular formula is C25H26N4O2. The van der Waals surface area contributed by atoms with E-state index in [1.54, 1.807) is 29.8 Å². The molecule has 5 rings (SSSR count). The highest BCUT2D eigenvalue weighted by Gasteiger charge is 2.30. The molecule has 3 heterocycles. The molecule has 2 aromatic heterocycles. The highest BCUT2D eigenvalue weighted by molar-refractivity contribution is 5.88. The molecule has 1 aliphatic heterocycles. The molecule has 0 spiro atoms. The van der Waals surface area contributed by atoms with E-state index >= 15 is 0 Å². The average Bonchev–Trinajstić information content (AvgIpc) is 3.63. The lowest BCUT2D eigenvalue weighted by molar-refractivity contribution is 0.121. The van der Waals surface area contributed by atoms with E-state index < -0.39 is 0 Å². The predicted molar refractivity (Wildman–Crippen MR) is 121 cm³/mol. The van der Waals surface area contributed by atoms with E-state index in [0.29, 0.717) is 11.2 Å². The van der Waals surface area contributed by atoms with Crippen LogP contribution < -0.4 is 15.2 Å². The van der Waals surface area contributed by atoms with Crippen molar-refractivity contribution in [2.75, 3.05) is 18.0 Å². The molecule has 1 aliphatic carbocycles. The van der Waals surface area contributed by atoms with Crippen LogP contribution in [0, 0.1) is 17.2 Å². The number of pyridine rings is 2. The van der Waals surface area contributed by atoms with Crippen LogP contribution in [-0.2, 0) is 7.05 Å². The minimum Gasteiger partial charge on any atom is -0.490 e. The number of nitrogens with zero attached hydrogens (tertiary/aromatic N) is 4. The molecule has 0 radical (unpaired) electrons. The van der Waals surface area contributed by atoms with Crippen LogP contribution in [0.2, 0.25) is 0 Å². The number of anilines is 1. The Kier molecular flexibility index (Phi) is 4.90. The van der Waals surface area contributed by atoms with Gasteiger partial charge in [0.25, 0.3) is 5.56 Å². The van der Waals surface area contributed by atoms with Crippen molar-refractivity contribution < 1.29 is 4.74 Å². The van der Waals surface area contributed by atoms with Crippen molar-refractivity contribution in [3.8, 4) is 11.8 Å². The Morgan fingerprint density at radius 1 is 1.13 bits per heavy atom. The zero-order valence-electron chi connectivity index (χ0n) is 17.9. The summed E-state index contributed by atoms with van der Waals surface area (Å²) in [6, 6.07) is 15.8. The first-order valence-electron chi connectivity index (χ1n) is 11.0. The summed E-state index contributed by atoms with van der Waals surface area (Å²) in [5.41, 5.74) is 3.93. The van der Waals surface area contributed by atoms with E-state index in [9.17, 15) is 10.1 Å². The average molecular weight is 415 g/mol. The Labute approximate surface area is 181 Å². The second-order valence-electron chi connectivity index (χ2n) is 8.81. The van der Waals surface area contributed by atoms with E-state index in [4.69, 9.17) is 4.74 Å². The van der Waals surface area contributed by atoms with Gasteiger partial charge in [-0.15, -0.1) is 0 Å². The van der Waals surface area contributed by atoms with E-state index in [1.165, 1.54) is 18.4 Å². The molecule has 0 amide bonds. The molecule has 158 valence electrons. The van der Waals surface area contributed by atoms with Crippen LogP contribution in [0.25, 0.3) is 11.0 Å². The highest BCUT2D eigenvalue weighted by Crippen LogP contribution is 2.40. The van der Waals surface area contributed by atoms with Gasteiger partial charge in [-0.2, -0.15) is 5.26 Å². The molecule has 31 heavy (non-hydrogen) atoms. The van der Waals surface area contributed by atoms with E-state index in [-0.39, 0.29) is 17.6 Å². The summed E-state index contributed by atoms with van der Waals surface area (Å²) in [6.07, 6.45) is 3.60. The van der Waals surface area contributed by atoms with Gasteiger partial charge < -0.3 is 14.2 Å². The lowest BCUT2D eigenvalue weighted by atomic mass is 9.95. The summed E-state index contributed by atoms with van der Waals surface area (Å²) in [4.78, 5) is 19.3. The van der Waals surface area contributed by atoms with E-state index in [2.05, 4.69) is 47.1 Å². The Morgan fingerprint density at radius 2 is 1.90 bits per heavy atom.